The maximum atomic E-state index is 13.3. The number of benzene rings is 1. The maximum Gasteiger partial charge on any atom is 0.229 e. The van der Waals surface area contributed by atoms with E-state index in [0.717, 1.165) is 0 Å². The summed E-state index contributed by atoms with van der Waals surface area (Å²) in [6, 6.07) is 6.85. The third-order valence-electron chi connectivity index (χ3n) is 4.06. The molecule has 3 aromatic rings. The number of fused-ring (bicyclic) bond motifs is 1. The lowest BCUT2D eigenvalue weighted by Gasteiger charge is -2.34. The van der Waals surface area contributed by atoms with Crippen molar-refractivity contribution in [2.24, 2.45) is 5.92 Å². The molecular weight excluding hydrogens is 329 g/mol. The van der Waals surface area contributed by atoms with Crippen molar-refractivity contribution in [2.45, 2.75) is 18.9 Å². The summed E-state index contributed by atoms with van der Waals surface area (Å²) in [4.78, 5) is 20.2. The van der Waals surface area contributed by atoms with Crippen LogP contribution in [0, 0.1) is 11.7 Å². The molecule has 1 fully saturated rings. The Labute approximate surface area is 141 Å². The molecule has 122 valence electrons. The average Bonchev–Trinajstić information content (AvgIpc) is 3.02. The first-order chi connectivity index (χ1) is 11.7. The van der Waals surface area contributed by atoms with Gasteiger partial charge >= 0.3 is 0 Å². The molecule has 0 spiro atoms. The Morgan fingerprint density at radius 3 is 3.00 bits per heavy atom. The van der Waals surface area contributed by atoms with E-state index in [9.17, 15) is 9.18 Å². The number of ether oxygens (including phenoxy) is 1. The van der Waals surface area contributed by atoms with Gasteiger partial charge in [-0.25, -0.2) is 14.4 Å². The molecule has 0 unspecified atom stereocenters. The van der Waals surface area contributed by atoms with Crippen molar-refractivity contribution in [3.05, 3.63) is 47.9 Å². The minimum atomic E-state index is -0.373. The number of rotatable bonds is 4. The van der Waals surface area contributed by atoms with Gasteiger partial charge < -0.3 is 10.1 Å². The maximum absolute atomic E-state index is 13.3. The van der Waals surface area contributed by atoms with Gasteiger partial charge in [-0.15, -0.1) is 11.3 Å². The summed E-state index contributed by atoms with van der Waals surface area (Å²) in [6.45, 7) is 0. The molecule has 0 bridgehead atoms. The number of amides is 1. The van der Waals surface area contributed by atoms with Crippen molar-refractivity contribution in [3.63, 3.8) is 0 Å². The van der Waals surface area contributed by atoms with E-state index in [4.69, 9.17) is 4.74 Å². The minimum absolute atomic E-state index is 0.0251. The van der Waals surface area contributed by atoms with Crippen LogP contribution in [0.15, 0.2) is 42.0 Å². The Kier molecular flexibility index (Phi) is 3.86. The van der Waals surface area contributed by atoms with Gasteiger partial charge in [0.15, 0.2) is 5.13 Å². The molecule has 1 amide bonds. The largest absolute Gasteiger partial charge is 0.488 e. The van der Waals surface area contributed by atoms with Crippen LogP contribution in [0.2, 0.25) is 0 Å². The molecule has 5 nitrogen and oxygen atoms in total. The lowest BCUT2D eigenvalue weighted by Crippen LogP contribution is -2.40. The predicted molar refractivity (Wildman–Crippen MR) is 89.6 cm³/mol. The molecule has 0 radical (unpaired) electrons. The van der Waals surface area contributed by atoms with E-state index in [0.29, 0.717) is 34.6 Å². The third kappa shape index (κ3) is 2.94. The van der Waals surface area contributed by atoms with Crippen LogP contribution in [0.5, 0.6) is 5.75 Å². The molecule has 7 heteroatoms. The molecule has 0 aliphatic heterocycles. The monoisotopic (exact) mass is 343 g/mol. The summed E-state index contributed by atoms with van der Waals surface area (Å²) in [5.41, 5.74) is 0.634. The molecule has 2 heterocycles. The summed E-state index contributed by atoms with van der Waals surface area (Å²) < 4.78 is 19.2. The highest BCUT2D eigenvalue weighted by Gasteiger charge is 2.36. The van der Waals surface area contributed by atoms with Crippen LogP contribution < -0.4 is 10.1 Å². The highest BCUT2D eigenvalue weighted by Crippen LogP contribution is 2.34. The number of halogens is 1. The molecule has 0 saturated heterocycles. The smallest absolute Gasteiger partial charge is 0.229 e. The molecule has 0 atom stereocenters. The highest BCUT2D eigenvalue weighted by molar-refractivity contribution is 7.13. The molecule has 24 heavy (non-hydrogen) atoms. The molecule has 1 saturated carbocycles. The Morgan fingerprint density at radius 1 is 1.33 bits per heavy atom. The van der Waals surface area contributed by atoms with Gasteiger partial charge in [0.2, 0.25) is 5.91 Å². The van der Waals surface area contributed by atoms with Crippen LogP contribution in [-0.4, -0.2) is 22.0 Å². The minimum Gasteiger partial charge on any atom is -0.488 e. The van der Waals surface area contributed by atoms with Crippen molar-refractivity contribution in [1.82, 2.24) is 9.97 Å². The van der Waals surface area contributed by atoms with Gasteiger partial charge in [-0.2, -0.15) is 0 Å². The number of hydrogen-bond donors (Lipinski definition) is 1. The van der Waals surface area contributed by atoms with Gasteiger partial charge in [0, 0.05) is 22.9 Å². The molecule has 1 aliphatic carbocycles. The van der Waals surface area contributed by atoms with Crippen molar-refractivity contribution in [1.29, 1.82) is 0 Å². The summed E-state index contributed by atoms with van der Waals surface area (Å²) >= 11 is 1.40. The van der Waals surface area contributed by atoms with Crippen LogP contribution in [-0.2, 0) is 4.79 Å². The summed E-state index contributed by atoms with van der Waals surface area (Å²) in [7, 11) is 0. The van der Waals surface area contributed by atoms with Gasteiger partial charge in [-0.05, 0) is 25.0 Å². The van der Waals surface area contributed by atoms with E-state index in [1.807, 2.05) is 17.5 Å². The fourth-order valence-electron chi connectivity index (χ4n) is 2.75. The zero-order chi connectivity index (χ0) is 16.5. The molecule has 4 rings (SSSR count). The quantitative estimate of drug-likeness (QED) is 0.786. The molecule has 2 aromatic heterocycles. The topological polar surface area (TPSA) is 64.1 Å². The van der Waals surface area contributed by atoms with E-state index < -0.39 is 0 Å². The number of thiazole rings is 1. The first-order valence-corrected chi connectivity index (χ1v) is 8.48. The number of nitrogens with one attached hydrogen (secondary N) is 1. The van der Waals surface area contributed by atoms with Crippen molar-refractivity contribution < 1.29 is 13.9 Å². The third-order valence-corrected chi connectivity index (χ3v) is 4.75. The van der Waals surface area contributed by atoms with Gasteiger partial charge in [0.25, 0.3) is 0 Å². The summed E-state index contributed by atoms with van der Waals surface area (Å²) in [6.07, 6.45) is 4.10. The number of pyridine rings is 1. The lowest BCUT2D eigenvalue weighted by molar-refractivity contribution is -0.125. The molecule has 1 aromatic carbocycles. The molecule has 1 aliphatic rings. The van der Waals surface area contributed by atoms with Crippen LogP contribution in [0.25, 0.3) is 10.9 Å². The Bertz CT molecular complexity index is 879. The zero-order valence-corrected chi connectivity index (χ0v) is 13.4. The summed E-state index contributed by atoms with van der Waals surface area (Å²) in [5, 5.41) is 5.94. The number of carbonyl (C=O) groups excluding carboxylic acids is 1. The second-order valence-corrected chi connectivity index (χ2v) is 6.61. The predicted octanol–water partition coefficient (Wildman–Crippen LogP) is 3.63. The van der Waals surface area contributed by atoms with E-state index in [1.54, 1.807) is 12.3 Å². The van der Waals surface area contributed by atoms with Gasteiger partial charge in [0.1, 0.15) is 23.2 Å². The Hall–Kier alpha value is -2.54. The van der Waals surface area contributed by atoms with E-state index in [2.05, 4.69) is 15.3 Å². The van der Waals surface area contributed by atoms with Crippen molar-refractivity contribution >= 4 is 33.3 Å². The molecular formula is C17H14FN3O2S. The first-order valence-electron chi connectivity index (χ1n) is 7.60. The molecule has 1 N–H and O–H groups in total. The van der Waals surface area contributed by atoms with E-state index in [1.165, 1.54) is 23.6 Å². The van der Waals surface area contributed by atoms with Crippen LogP contribution in [0.1, 0.15) is 12.8 Å². The SMILES string of the molecule is O=C(Nc1nccs1)C1CC(Oc2cccc3cc(F)cnc23)C1. The Morgan fingerprint density at radius 2 is 2.21 bits per heavy atom. The number of hydrogen-bond acceptors (Lipinski definition) is 5. The van der Waals surface area contributed by atoms with Crippen LogP contribution >= 0.6 is 11.3 Å². The standard InChI is InChI=1S/C17H14FN3O2S/c18-12-6-10-2-1-3-14(15(10)20-9-12)23-13-7-11(8-13)16(22)21-17-19-4-5-24-17/h1-6,9,11,13H,7-8H2,(H,19,21,22). The second-order valence-electron chi connectivity index (χ2n) is 5.72. The lowest BCUT2D eigenvalue weighted by atomic mass is 9.81. The van der Waals surface area contributed by atoms with Gasteiger partial charge in [-0.3, -0.25) is 4.79 Å². The second kappa shape index (κ2) is 6.16. The number of para-hydroxylation sites is 1. The first kappa shape index (κ1) is 15.0. The van der Waals surface area contributed by atoms with Crippen LogP contribution in [0.4, 0.5) is 9.52 Å². The normalized spacial score (nSPS) is 19.7. The van der Waals surface area contributed by atoms with Crippen molar-refractivity contribution in [2.75, 3.05) is 5.32 Å². The highest BCUT2D eigenvalue weighted by atomic mass is 32.1. The zero-order valence-electron chi connectivity index (χ0n) is 12.6. The number of carbonyl (C=O) groups is 1. The number of aromatic nitrogens is 2. The average molecular weight is 343 g/mol. The fourth-order valence-corrected chi connectivity index (χ4v) is 3.28. The summed E-state index contributed by atoms with van der Waals surface area (Å²) in [5.74, 6) is 0.153. The van der Waals surface area contributed by atoms with Crippen molar-refractivity contribution in [3.8, 4) is 5.75 Å². The van der Waals surface area contributed by atoms with Crippen LogP contribution in [0.3, 0.4) is 0 Å². The van der Waals surface area contributed by atoms with Gasteiger partial charge in [0.05, 0.1) is 6.20 Å². The fraction of sp³-hybridized carbons (Fsp3) is 0.235. The van der Waals surface area contributed by atoms with Gasteiger partial charge in [-0.1, -0.05) is 12.1 Å². The van der Waals surface area contributed by atoms with E-state index in [-0.39, 0.29) is 23.7 Å². The Balaban J connectivity index is 1.39. The number of anilines is 1. The number of nitrogens with zero attached hydrogens (tertiary/aromatic N) is 2. The van der Waals surface area contributed by atoms with E-state index >= 15 is 0 Å².